The van der Waals surface area contributed by atoms with E-state index in [-0.39, 0.29) is 17.1 Å². The SMILES string of the molecule is COc1cnc(C(=O)NC[C@](O)(c2cc3c(c(-c4ccc(F)cc4)n2)OC[C@@]3(N)C(F)(F)F)C(F)(F)F)cc1OC. The molecular formula is C25H21F7N4O5. The van der Waals surface area contributed by atoms with E-state index in [2.05, 4.69) is 9.97 Å². The first-order valence-electron chi connectivity index (χ1n) is 11.5. The van der Waals surface area contributed by atoms with E-state index in [1.807, 2.05) is 5.32 Å². The predicted octanol–water partition coefficient (Wildman–Crippen LogP) is 3.59. The Morgan fingerprint density at radius 3 is 2.29 bits per heavy atom. The molecule has 0 unspecified atom stereocenters. The van der Waals surface area contributed by atoms with Crippen molar-refractivity contribution in [2.45, 2.75) is 23.5 Å². The highest BCUT2D eigenvalue weighted by Crippen LogP contribution is 2.50. The molecule has 1 aliphatic rings. The fraction of sp³-hybridized carbons (Fsp3) is 0.320. The lowest BCUT2D eigenvalue weighted by Crippen LogP contribution is -2.53. The van der Waals surface area contributed by atoms with E-state index in [9.17, 15) is 40.6 Å². The number of hydrogen-bond donors (Lipinski definition) is 3. The third-order valence-electron chi connectivity index (χ3n) is 6.42. The molecule has 0 spiro atoms. The van der Waals surface area contributed by atoms with Gasteiger partial charge in [-0.15, -0.1) is 0 Å². The molecule has 3 aromatic rings. The number of halogens is 7. The van der Waals surface area contributed by atoms with Crippen LogP contribution < -0.4 is 25.3 Å². The van der Waals surface area contributed by atoms with E-state index in [1.165, 1.54) is 14.2 Å². The molecule has 0 radical (unpaired) electrons. The molecule has 0 saturated carbocycles. The van der Waals surface area contributed by atoms with E-state index in [0.717, 1.165) is 36.5 Å². The van der Waals surface area contributed by atoms with Crippen molar-refractivity contribution in [2.75, 3.05) is 27.4 Å². The second-order valence-electron chi connectivity index (χ2n) is 8.96. The van der Waals surface area contributed by atoms with Crippen molar-refractivity contribution >= 4 is 5.91 Å². The van der Waals surface area contributed by atoms with Crippen LogP contribution in [0.15, 0.2) is 42.6 Å². The third kappa shape index (κ3) is 5.19. The van der Waals surface area contributed by atoms with Crippen molar-refractivity contribution in [1.29, 1.82) is 0 Å². The Bertz CT molecular complexity index is 1470. The molecule has 4 rings (SSSR count). The number of fused-ring (bicyclic) bond motifs is 1. The molecule has 220 valence electrons. The maximum atomic E-state index is 14.4. The number of rotatable bonds is 7. The number of carbonyl (C=O) groups is 1. The summed E-state index contributed by atoms with van der Waals surface area (Å²) >= 11 is 0. The topological polar surface area (TPSA) is 129 Å². The summed E-state index contributed by atoms with van der Waals surface area (Å²) in [5.74, 6) is -2.40. The van der Waals surface area contributed by atoms with Crippen LogP contribution in [-0.2, 0) is 11.1 Å². The van der Waals surface area contributed by atoms with Crippen LogP contribution in [-0.4, -0.2) is 60.7 Å². The van der Waals surface area contributed by atoms with Crippen molar-refractivity contribution in [3.05, 3.63) is 65.4 Å². The van der Waals surface area contributed by atoms with Gasteiger partial charge in [0.15, 0.2) is 22.8 Å². The number of alkyl halides is 6. The summed E-state index contributed by atoms with van der Waals surface area (Å²) in [7, 11) is 2.52. The van der Waals surface area contributed by atoms with Gasteiger partial charge in [0.25, 0.3) is 5.91 Å². The number of pyridine rings is 2. The number of nitrogens with two attached hydrogens (primary N) is 1. The van der Waals surface area contributed by atoms with Crippen LogP contribution in [0.1, 0.15) is 21.7 Å². The number of methoxy groups -OCH3 is 2. The number of aliphatic hydroxyl groups is 1. The van der Waals surface area contributed by atoms with Gasteiger partial charge in [0.05, 0.1) is 32.7 Å². The molecule has 0 bridgehead atoms. The average molecular weight is 590 g/mol. The molecule has 9 nitrogen and oxygen atoms in total. The number of carbonyl (C=O) groups excluding carboxylic acids is 1. The monoisotopic (exact) mass is 590 g/mol. The Morgan fingerprint density at radius 2 is 1.73 bits per heavy atom. The van der Waals surface area contributed by atoms with E-state index in [4.69, 9.17) is 19.9 Å². The molecule has 41 heavy (non-hydrogen) atoms. The lowest BCUT2D eigenvalue weighted by Gasteiger charge is -2.32. The Morgan fingerprint density at radius 1 is 1.10 bits per heavy atom. The largest absolute Gasteiger partial charge is 0.493 e. The summed E-state index contributed by atoms with van der Waals surface area (Å²) in [6, 6.07) is 5.29. The molecule has 0 saturated heterocycles. The van der Waals surface area contributed by atoms with Crippen LogP contribution in [0, 0.1) is 5.82 Å². The number of nitrogens with zero attached hydrogens (tertiary/aromatic N) is 2. The summed E-state index contributed by atoms with van der Waals surface area (Å²) in [5, 5.41) is 12.8. The smallest absolute Gasteiger partial charge is 0.424 e. The molecule has 1 aliphatic heterocycles. The molecule has 2 atom stereocenters. The Kier molecular flexibility index (Phi) is 7.51. The minimum Gasteiger partial charge on any atom is -0.493 e. The molecule has 2 aromatic heterocycles. The van der Waals surface area contributed by atoms with Crippen LogP contribution in [0.2, 0.25) is 0 Å². The summed E-state index contributed by atoms with van der Waals surface area (Å²) in [4.78, 5) is 20.2. The first kappa shape index (κ1) is 29.8. The summed E-state index contributed by atoms with van der Waals surface area (Å²) in [6.45, 7) is -2.79. The highest BCUT2D eigenvalue weighted by atomic mass is 19.4. The molecular weight excluding hydrogens is 569 g/mol. The van der Waals surface area contributed by atoms with Gasteiger partial charge in [-0.3, -0.25) is 4.79 Å². The number of ether oxygens (including phenoxy) is 3. The van der Waals surface area contributed by atoms with Gasteiger partial charge in [-0.05, 0) is 30.3 Å². The lowest BCUT2D eigenvalue weighted by molar-refractivity contribution is -0.265. The average Bonchev–Trinajstić information content (AvgIpc) is 3.28. The summed E-state index contributed by atoms with van der Waals surface area (Å²) in [5.41, 5.74) is -5.09. The number of hydrogen-bond acceptors (Lipinski definition) is 8. The fourth-order valence-electron chi connectivity index (χ4n) is 4.02. The zero-order chi connectivity index (χ0) is 30.4. The van der Waals surface area contributed by atoms with Gasteiger partial charge >= 0.3 is 12.4 Å². The van der Waals surface area contributed by atoms with E-state index in [1.54, 1.807) is 0 Å². The van der Waals surface area contributed by atoms with Crippen LogP contribution in [0.25, 0.3) is 11.3 Å². The summed E-state index contributed by atoms with van der Waals surface area (Å²) < 4.78 is 114. The standard InChI is InChI=1S/C25H21F7N4O5/c1-39-16-8-15(34-9-17(16)40-2)21(37)35-10-23(38,25(30,31)32)18-7-14-20(41-11-22(14,33)24(27,28)29)19(36-18)12-3-5-13(26)6-4-12/h3-9,38H,10-11,33H2,1-2H3,(H,35,37)/t22-,23-/m0/s1. The Hall–Kier alpha value is -4.18. The zero-order valence-electron chi connectivity index (χ0n) is 21.2. The number of amides is 1. The quantitative estimate of drug-likeness (QED) is 0.357. The van der Waals surface area contributed by atoms with E-state index in [0.29, 0.717) is 6.07 Å². The lowest BCUT2D eigenvalue weighted by atomic mass is 9.87. The maximum absolute atomic E-state index is 14.4. The summed E-state index contributed by atoms with van der Waals surface area (Å²) in [6.07, 6.45) is -9.71. The van der Waals surface area contributed by atoms with Gasteiger partial charge in [0, 0.05) is 17.2 Å². The van der Waals surface area contributed by atoms with Crippen LogP contribution in [0.4, 0.5) is 30.7 Å². The van der Waals surface area contributed by atoms with Gasteiger partial charge < -0.3 is 30.4 Å². The molecule has 1 amide bonds. The zero-order valence-corrected chi connectivity index (χ0v) is 21.2. The molecule has 4 N–H and O–H groups in total. The Labute approximate surface area is 227 Å². The van der Waals surface area contributed by atoms with Crippen LogP contribution in [0.3, 0.4) is 0 Å². The van der Waals surface area contributed by atoms with Crippen molar-refractivity contribution in [2.24, 2.45) is 5.73 Å². The van der Waals surface area contributed by atoms with Crippen molar-refractivity contribution < 1.29 is 54.8 Å². The Balaban J connectivity index is 1.82. The first-order valence-corrected chi connectivity index (χ1v) is 11.5. The van der Waals surface area contributed by atoms with Crippen molar-refractivity contribution in [3.63, 3.8) is 0 Å². The van der Waals surface area contributed by atoms with Crippen molar-refractivity contribution in [3.8, 4) is 28.5 Å². The molecule has 0 aliphatic carbocycles. The van der Waals surface area contributed by atoms with E-state index >= 15 is 0 Å². The van der Waals surface area contributed by atoms with Gasteiger partial charge in [0.2, 0.25) is 5.60 Å². The molecule has 1 aromatic carbocycles. The van der Waals surface area contributed by atoms with Gasteiger partial charge in [-0.2, -0.15) is 26.3 Å². The molecule has 3 heterocycles. The van der Waals surface area contributed by atoms with Crippen molar-refractivity contribution in [1.82, 2.24) is 15.3 Å². The van der Waals surface area contributed by atoms with Crippen LogP contribution >= 0.6 is 0 Å². The number of aromatic nitrogens is 2. The molecule has 16 heteroatoms. The number of nitrogens with one attached hydrogen (secondary N) is 1. The minimum atomic E-state index is -5.58. The second kappa shape index (κ2) is 10.3. The minimum absolute atomic E-state index is 0.0226. The van der Waals surface area contributed by atoms with Gasteiger partial charge in [0.1, 0.15) is 23.8 Å². The molecule has 0 fully saturated rings. The first-order chi connectivity index (χ1) is 19.1. The number of benzene rings is 1. The highest BCUT2D eigenvalue weighted by molar-refractivity contribution is 5.92. The van der Waals surface area contributed by atoms with Gasteiger partial charge in [-0.25, -0.2) is 14.4 Å². The highest BCUT2D eigenvalue weighted by Gasteiger charge is 2.61. The fourth-order valence-corrected chi connectivity index (χ4v) is 4.02. The second-order valence-corrected chi connectivity index (χ2v) is 8.96. The third-order valence-corrected chi connectivity index (χ3v) is 6.42. The van der Waals surface area contributed by atoms with E-state index < -0.39 is 76.8 Å². The maximum Gasteiger partial charge on any atom is 0.424 e. The predicted molar refractivity (Wildman–Crippen MR) is 127 cm³/mol. The van der Waals surface area contributed by atoms with Gasteiger partial charge in [-0.1, -0.05) is 0 Å². The normalized spacial score (nSPS) is 18.2. The van der Waals surface area contributed by atoms with Crippen LogP contribution in [0.5, 0.6) is 17.2 Å².